The zero-order chi connectivity index (χ0) is 18.5. The summed E-state index contributed by atoms with van der Waals surface area (Å²) in [5.41, 5.74) is 1.28. The lowest BCUT2D eigenvalue weighted by atomic mass is 9.96. The highest BCUT2D eigenvalue weighted by molar-refractivity contribution is 5.79. The molecular weight excluding hydrogens is 340 g/mol. The van der Waals surface area contributed by atoms with E-state index in [2.05, 4.69) is 31.8 Å². The summed E-state index contributed by atoms with van der Waals surface area (Å²) >= 11 is 0. The second kappa shape index (κ2) is 8.67. The van der Waals surface area contributed by atoms with Crippen LogP contribution in [0.15, 0.2) is 47.3 Å². The molecule has 0 saturated carbocycles. The highest BCUT2D eigenvalue weighted by Crippen LogP contribution is 2.21. The number of rotatable bonds is 5. The number of carbonyl (C=O) groups excluding carboxylic acids is 1. The summed E-state index contributed by atoms with van der Waals surface area (Å²) < 4.78 is 5.46. The minimum atomic E-state index is 0.125. The quantitative estimate of drug-likeness (QED) is 0.810. The molecule has 4 rings (SSSR count). The van der Waals surface area contributed by atoms with Crippen molar-refractivity contribution in [1.82, 2.24) is 19.7 Å². The summed E-state index contributed by atoms with van der Waals surface area (Å²) in [6, 6.07) is 8.06. The number of piperazine rings is 1. The summed E-state index contributed by atoms with van der Waals surface area (Å²) in [6.45, 7) is 7.17. The minimum absolute atomic E-state index is 0.125. The first-order valence-electron chi connectivity index (χ1n) is 9.93. The number of piperidine rings is 1. The molecule has 0 unspecified atom stereocenters. The van der Waals surface area contributed by atoms with Crippen LogP contribution in [0.2, 0.25) is 0 Å². The van der Waals surface area contributed by atoms with Gasteiger partial charge in [-0.3, -0.25) is 19.6 Å². The van der Waals surface area contributed by atoms with Crippen molar-refractivity contribution in [2.75, 3.05) is 39.3 Å². The Labute approximate surface area is 160 Å². The van der Waals surface area contributed by atoms with Crippen molar-refractivity contribution >= 4 is 5.91 Å². The van der Waals surface area contributed by atoms with Crippen molar-refractivity contribution in [2.24, 2.45) is 5.92 Å². The average molecular weight is 368 g/mol. The molecule has 2 aromatic rings. The number of carbonyl (C=O) groups is 1. The van der Waals surface area contributed by atoms with E-state index in [1.807, 2.05) is 24.5 Å². The normalized spacial score (nSPS) is 22.1. The highest BCUT2D eigenvalue weighted by atomic mass is 16.3. The monoisotopic (exact) mass is 368 g/mol. The van der Waals surface area contributed by atoms with Gasteiger partial charge in [0.1, 0.15) is 5.76 Å². The molecule has 6 heteroatoms. The molecule has 1 amide bonds. The molecule has 1 atom stereocenters. The van der Waals surface area contributed by atoms with Crippen molar-refractivity contribution < 1.29 is 9.21 Å². The van der Waals surface area contributed by atoms with Crippen LogP contribution in [0, 0.1) is 5.92 Å². The van der Waals surface area contributed by atoms with Gasteiger partial charge in [0.2, 0.25) is 5.91 Å². The van der Waals surface area contributed by atoms with Gasteiger partial charge in [-0.25, -0.2) is 0 Å². The summed E-state index contributed by atoms with van der Waals surface area (Å²) in [5, 5.41) is 0. The Morgan fingerprint density at radius 3 is 2.59 bits per heavy atom. The molecule has 0 bridgehead atoms. The molecule has 0 radical (unpaired) electrons. The molecule has 2 aromatic heterocycles. The number of pyridine rings is 1. The van der Waals surface area contributed by atoms with Gasteiger partial charge >= 0.3 is 0 Å². The number of nitrogens with zero attached hydrogens (tertiary/aromatic N) is 4. The molecule has 2 fully saturated rings. The number of hydrogen-bond acceptors (Lipinski definition) is 5. The van der Waals surface area contributed by atoms with Gasteiger partial charge in [0.15, 0.2) is 0 Å². The van der Waals surface area contributed by atoms with Crippen molar-refractivity contribution in [3.8, 4) is 0 Å². The third-order valence-electron chi connectivity index (χ3n) is 5.65. The lowest BCUT2D eigenvalue weighted by Crippen LogP contribution is -2.52. The van der Waals surface area contributed by atoms with E-state index in [0.29, 0.717) is 5.91 Å². The van der Waals surface area contributed by atoms with Crippen LogP contribution in [0.5, 0.6) is 0 Å². The highest BCUT2D eigenvalue weighted by Gasteiger charge is 2.31. The third kappa shape index (κ3) is 4.76. The SMILES string of the molecule is O=C([C@H]1CCCN(Cc2ccco2)C1)N1CCN(Cc2ccncc2)CC1. The number of hydrogen-bond donors (Lipinski definition) is 0. The van der Waals surface area contributed by atoms with Gasteiger partial charge in [0.05, 0.1) is 18.7 Å². The zero-order valence-corrected chi connectivity index (χ0v) is 15.8. The third-order valence-corrected chi connectivity index (χ3v) is 5.65. The topological polar surface area (TPSA) is 52.8 Å². The van der Waals surface area contributed by atoms with E-state index in [4.69, 9.17) is 4.42 Å². The van der Waals surface area contributed by atoms with E-state index in [9.17, 15) is 4.79 Å². The van der Waals surface area contributed by atoms with Crippen LogP contribution in [0.3, 0.4) is 0 Å². The first kappa shape index (κ1) is 18.2. The van der Waals surface area contributed by atoms with E-state index < -0.39 is 0 Å². The first-order valence-corrected chi connectivity index (χ1v) is 9.93. The fourth-order valence-electron chi connectivity index (χ4n) is 4.15. The Morgan fingerprint density at radius 2 is 1.85 bits per heavy atom. The summed E-state index contributed by atoms with van der Waals surface area (Å²) in [6.07, 6.45) is 7.48. The number of furan rings is 1. The van der Waals surface area contributed by atoms with Crippen molar-refractivity contribution in [2.45, 2.75) is 25.9 Å². The van der Waals surface area contributed by atoms with Crippen LogP contribution in [0.25, 0.3) is 0 Å². The number of amides is 1. The Hall–Kier alpha value is -2.18. The van der Waals surface area contributed by atoms with Gasteiger partial charge in [-0.05, 0) is 49.2 Å². The van der Waals surface area contributed by atoms with Crippen molar-refractivity contribution in [3.63, 3.8) is 0 Å². The van der Waals surface area contributed by atoms with Gasteiger partial charge < -0.3 is 9.32 Å². The Balaban J connectivity index is 1.26. The first-order chi connectivity index (χ1) is 13.3. The Morgan fingerprint density at radius 1 is 1.04 bits per heavy atom. The number of likely N-dealkylation sites (tertiary alicyclic amines) is 1. The van der Waals surface area contributed by atoms with Gasteiger partial charge in [-0.1, -0.05) is 0 Å². The molecule has 2 saturated heterocycles. The molecule has 144 valence electrons. The molecule has 4 heterocycles. The summed E-state index contributed by atoms with van der Waals surface area (Å²) in [4.78, 5) is 23.9. The van der Waals surface area contributed by atoms with E-state index in [-0.39, 0.29) is 5.92 Å². The van der Waals surface area contributed by atoms with E-state index in [1.165, 1.54) is 5.56 Å². The van der Waals surface area contributed by atoms with Crippen LogP contribution in [-0.4, -0.2) is 64.9 Å². The van der Waals surface area contributed by atoms with E-state index in [1.54, 1.807) is 6.26 Å². The van der Waals surface area contributed by atoms with Crippen LogP contribution in [0.4, 0.5) is 0 Å². The van der Waals surface area contributed by atoms with Gasteiger partial charge in [-0.15, -0.1) is 0 Å². The van der Waals surface area contributed by atoms with Gasteiger partial charge in [0, 0.05) is 51.7 Å². The van der Waals surface area contributed by atoms with E-state index in [0.717, 1.165) is 71.0 Å². The fourth-order valence-corrected chi connectivity index (χ4v) is 4.15. The smallest absolute Gasteiger partial charge is 0.227 e. The molecule has 27 heavy (non-hydrogen) atoms. The second-order valence-electron chi connectivity index (χ2n) is 7.61. The predicted molar refractivity (Wildman–Crippen MR) is 103 cm³/mol. The predicted octanol–water partition coefficient (Wildman–Crippen LogP) is 2.23. The minimum Gasteiger partial charge on any atom is -0.468 e. The molecule has 2 aliphatic heterocycles. The van der Waals surface area contributed by atoms with E-state index >= 15 is 0 Å². The van der Waals surface area contributed by atoms with Crippen LogP contribution in [-0.2, 0) is 17.9 Å². The van der Waals surface area contributed by atoms with Crippen molar-refractivity contribution in [1.29, 1.82) is 0 Å². The van der Waals surface area contributed by atoms with Crippen LogP contribution >= 0.6 is 0 Å². The summed E-state index contributed by atoms with van der Waals surface area (Å²) in [5.74, 6) is 1.44. The summed E-state index contributed by atoms with van der Waals surface area (Å²) in [7, 11) is 0. The maximum absolute atomic E-state index is 13.0. The lowest BCUT2D eigenvalue weighted by Gasteiger charge is -2.39. The van der Waals surface area contributed by atoms with Crippen LogP contribution < -0.4 is 0 Å². The molecule has 0 aliphatic carbocycles. The molecule has 0 N–H and O–H groups in total. The molecular formula is C21H28N4O2. The van der Waals surface area contributed by atoms with Gasteiger partial charge in [0.25, 0.3) is 0 Å². The largest absolute Gasteiger partial charge is 0.468 e. The fraction of sp³-hybridized carbons (Fsp3) is 0.524. The Bertz CT molecular complexity index is 711. The Kier molecular flexibility index (Phi) is 5.84. The average Bonchev–Trinajstić information content (AvgIpc) is 3.22. The standard InChI is InChI=1S/C21H28N4O2/c26-21(19-3-1-9-24(16-19)17-20-4-2-14-27-20)25-12-10-23(11-13-25)15-18-5-7-22-8-6-18/h2,4-8,14,19H,1,3,9-13,15-17H2/t19-/m0/s1. The molecule has 0 spiro atoms. The zero-order valence-electron chi connectivity index (χ0n) is 15.8. The van der Waals surface area contributed by atoms with Crippen LogP contribution in [0.1, 0.15) is 24.2 Å². The lowest BCUT2D eigenvalue weighted by molar-refractivity contribution is -0.139. The van der Waals surface area contributed by atoms with Gasteiger partial charge in [-0.2, -0.15) is 0 Å². The maximum atomic E-state index is 13.0. The maximum Gasteiger partial charge on any atom is 0.227 e. The molecule has 2 aliphatic rings. The number of aromatic nitrogens is 1. The van der Waals surface area contributed by atoms with Crippen molar-refractivity contribution in [3.05, 3.63) is 54.2 Å². The molecule has 6 nitrogen and oxygen atoms in total. The second-order valence-corrected chi connectivity index (χ2v) is 7.61. The molecule has 0 aromatic carbocycles.